The number of benzene rings is 1. The standard InChI is InChI=1S/C17H9F6N7/c18-16(19,20)8-27-13-4-14(29-30-12(6-25)7-26-15(13)30)28-11-2-9(5-24)1-10(3-11)17(21,22)23/h1-4,7,27H,8H2,(H,28,29). The molecule has 13 heteroatoms. The van der Waals surface area contributed by atoms with Crippen LogP contribution in [-0.2, 0) is 6.18 Å². The minimum absolute atomic E-state index is 0.0805. The Hall–Kier alpha value is -4.00. The summed E-state index contributed by atoms with van der Waals surface area (Å²) in [5.74, 6) is -0.176. The quantitative estimate of drug-likeness (QED) is 0.608. The third-order valence-electron chi connectivity index (χ3n) is 3.72. The third-order valence-corrected chi connectivity index (χ3v) is 3.72. The average molecular weight is 425 g/mol. The van der Waals surface area contributed by atoms with Crippen molar-refractivity contribution in [2.24, 2.45) is 0 Å². The normalized spacial score (nSPS) is 11.7. The summed E-state index contributed by atoms with van der Waals surface area (Å²) in [6, 6.07) is 6.94. The van der Waals surface area contributed by atoms with Gasteiger partial charge in [-0.05, 0) is 18.2 Å². The van der Waals surface area contributed by atoms with Crippen molar-refractivity contribution in [3.05, 3.63) is 47.3 Å². The molecule has 0 bridgehead atoms. The van der Waals surface area contributed by atoms with Gasteiger partial charge in [0, 0.05) is 11.8 Å². The SMILES string of the molecule is N#Cc1cc(Nc2cc(NCC(F)(F)F)c3ncc(C#N)n3n2)cc(C(F)(F)F)c1. The Morgan fingerprint density at radius 1 is 1.00 bits per heavy atom. The van der Waals surface area contributed by atoms with E-state index in [9.17, 15) is 26.3 Å². The van der Waals surface area contributed by atoms with Gasteiger partial charge in [-0.15, -0.1) is 5.10 Å². The average Bonchev–Trinajstić information content (AvgIpc) is 3.07. The van der Waals surface area contributed by atoms with Crippen LogP contribution in [0.2, 0.25) is 0 Å². The molecule has 0 atom stereocenters. The molecular weight excluding hydrogens is 416 g/mol. The number of nitrogens with one attached hydrogen (secondary N) is 2. The molecule has 7 nitrogen and oxygen atoms in total. The Bertz CT molecular complexity index is 1180. The maximum absolute atomic E-state index is 13.0. The number of aromatic nitrogens is 3. The zero-order chi connectivity index (χ0) is 22.1. The Balaban J connectivity index is 2.06. The van der Waals surface area contributed by atoms with Crippen molar-refractivity contribution in [1.82, 2.24) is 14.6 Å². The number of imidazole rings is 1. The lowest BCUT2D eigenvalue weighted by Gasteiger charge is -2.14. The van der Waals surface area contributed by atoms with Gasteiger partial charge in [0.1, 0.15) is 12.6 Å². The summed E-state index contributed by atoms with van der Waals surface area (Å²) >= 11 is 0. The predicted octanol–water partition coefficient (Wildman–Crippen LogP) is 4.21. The second-order valence-corrected chi connectivity index (χ2v) is 5.94. The van der Waals surface area contributed by atoms with Crippen LogP contribution in [0, 0.1) is 22.7 Å². The maximum Gasteiger partial charge on any atom is 0.416 e. The van der Waals surface area contributed by atoms with Gasteiger partial charge in [-0.25, -0.2) is 4.98 Å². The predicted molar refractivity (Wildman–Crippen MR) is 91.7 cm³/mol. The van der Waals surface area contributed by atoms with Crippen LogP contribution in [-0.4, -0.2) is 27.3 Å². The molecule has 3 aromatic rings. The molecule has 2 N–H and O–H groups in total. The van der Waals surface area contributed by atoms with Crippen LogP contribution in [0.15, 0.2) is 30.5 Å². The number of nitriles is 2. The highest BCUT2D eigenvalue weighted by Crippen LogP contribution is 2.33. The number of nitrogens with zero attached hydrogens (tertiary/aromatic N) is 5. The van der Waals surface area contributed by atoms with E-state index >= 15 is 0 Å². The number of fused-ring (bicyclic) bond motifs is 1. The highest BCUT2D eigenvalue weighted by atomic mass is 19.4. The van der Waals surface area contributed by atoms with Gasteiger partial charge in [0.05, 0.1) is 29.1 Å². The molecule has 0 spiro atoms. The van der Waals surface area contributed by atoms with Crippen LogP contribution in [0.3, 0.4) is 0 Å². The van der Waals surface area contributed by atoms with Gasteiger partial charge in [0.15, 0.2) is 17.2 Å². The molecule has 0 aliphatic rings. The number of rotatable bonds is 4. The molecule has 0 fully saturated rings. The van der Waals surface area contributed by atoms with Gasteiger partial charge in [0.2, 0.25) is 0 Å². The van der Waals surface area contributed by atoms with Crippen molar-refractivity contribution in [1.29, 1.82) is 10.5 Å². The van der Waals surface area contributed by atoms with Crippen LogP contribution in [0.1, 0.15) is 16.8 Å². The summed E-state index contributed by atoms with van der Waals surface area (Å²) in [6.07, 6.45) is -8.19. The molecule has 0 saturated carbocycles. The highest BCUT2D eigenvalue weighted by Gasteiger charge is 2.31. The highest BCUT2D eigenvalue weighted by molar-refractivity contribution is 5.73. The minimum atomic E-state index is -4.72. The van der Waals surface area contributed by atoms with Crippen molar-refractivity contribution in [2.75, 3.05) is 17.2 Å². The number of hydrogen-bond donors (Lipinski definition) is 2. The van der Waals surface area contributed by atoms with Crippen molar-refractivity contribution in [2.45, 2.75) is 12.4 Å². The molecular formula is C17H9F6N7. The number of anilines is 3. The summed E-state index contributed by atoms with van der Waals surface area (Å²) in [5, 5.41) is 26.7. The molecule has 1 aromatic carbocycles. The first-order valence-electron chi connectivity index (χ1n) is 7.99. The number of halogens is 6. The summed E-state index contributed by atoms with van der Waals surface area (Å²) in [5.41, 5.74) is -1.90. The molecule has 2 aromatic heterocycles. The fraction of sp³-hybridized carbons (Fsp3) is 0.176. The van der Waals surface area contributed by atoms with Gasteiger partial charge in [-0.1, -0.05) is 0 Å². The van der Waals surface area contributed by atoms with Crippen molar-refractivity contribution < 1.29 is 26.3 Å². The first-order valence-corrected chi connectivity index (χ1v) is 7.99. The lowest BCUT2D eigenvalue weighted by atomic mass is 10.1. The molecule has 30 heavy (non-hydrogen) atoms. The zero-order valence-electron chi connectivity index (χ0n) is 14.6. The van der Waals surface area contributed by atoms with Crippen molar-refractivity contribution >= 4 is 22.8 Å². The topological polar surface area (TPSA) is 102 Å². The molecule has 0 amide bonds. The van der Waals surface area contributed by atoms with Gasteiger partial charge < -0.3 is 10.6 Å². The fourth-order valence-electron chi connectivity index (χ4n) is 2.51. The molecule has 2 heterocycles. The molecule has 3 rings (SSSR count). The van der Waals surface area contributed by atoms with Crippen molar-refractivity contribution in [3.8, 4) is 12.1 Å². The molecule has 0 saturated heterocycles. The molecule has 0 unspecified atom stereocenters. The second kappa shape index (κ2) is 7.44. The van der Waals surface area contributed by atoms with E-state index < -0.39 is 24.5 Å². The van der Waals surface area contributed by atoms with Gasteiger partial charge >= 0.3 is 12.4 Å². The summed E-state index contributed by atoms with van der Waals surface area (Å²) in [6.45, 7) is -1.41. The summed E-state index contributed by atoms with van der Waals surface area (Å²) in [4.78, 5) is 3.84. The smallest absolute Gasteiger partial charge is 0.373 e. The van der Waals surface area contributed by atoms with Crippen LogP contribution in [0.25, 0.3) is 5.65 Å². The van der Waals surface area contributed by atoms with E-state index in [1.807, 2.05) is 0 Å². The van der Waals surface area contributed by atoms with E-state index in [1.54, 1.807) is 12.1 Å². The van der Waals surface area contributed by atoms with Crippen molar-refractivity contribution in [3.63, 3.8) is 0 Å². The van der Waals surface area contributed by atoms with E-state index in [0.29, 0.717) is 12.1 Å². The Labute approximate surface area is 164 Å². The van der Waals surface area contributed by atoms with E-state index in [-0.39, 0.29) is 34.1 Å². The van der Waals surface area contributed by atoms with Crippen LogP contribution < -0.4 is 10.6 Å². The first-order chi connectivity index (χ1) is 14.0. The van der Waals surface area contributed by atoms with E-state index in [2.05, 4.69) is 20.7 Å². The van der Waals surface area contributed by atoms with E-state index in [0.717, 1.165) is 22.8 Å². The lowest BCUT2D eigenvalue weighted by molar-refractivity contribution is -0.137. The lowest BCUT2D eigenvalue weighted by Crippen LogP contribution is -2.22. The molecule has 0 aliphatic heterocycles. The van der Waals surface area contributed by atoms with Crippen LogP contribution in [0.5, 0.6) is 0 Å². The zero-order valence-corrected chi connectivity index (χ0v) is 14.6. The monoisotopic (exact) mass is 425 g/mol. The minimum Gasteiger partial charge on any atom is -0.373 e. The second-order valence-electron chi connectivity index (χ2n) is 5.94. The van der Waals surface area contributed by atoms with Crippen LogP contribution in [0.4, 0.5) is 43.5 Å². The summed E-state index contributed by atoms with van der Waals surface area (Å²) in [7, 11) is 0. The molecule has 154 valence electrons. The third kappa shape index (κ3) is 4.52. The van der Waals surface area contributed by atoms with E-state index in [4.69, 9.17) is 10.5 Å². The van der Waals surface area contributed by atoms with Gasteiger partial charge in [0.25, 0.3) is 0 Å². The largest absolute Gasteiger partial charge is 0.416 e. The fourth-order valence-corrected chi connectivity index (χ4v) is 2.51. The first kappa shape index (κ1) is 20.7. The maximum atomic E-state index is 13.0. The Morgan fingerprint density at radius 3 is 2.33 bits per heavy atom. The van der Waals surface area contributed by atoms with Gasteiger partial charge in [-0.3, -0.25) is 0 Å². The van der Waals surface area contributed by atoms with Gasteiger partial charge in [-0.2, -0.15) is 41.4 Å². The Morgan fingerprint density at radius 2 is 1.73 bits per heavy atom. The molecule has 0 radical (unpaired) electrons. The molecule has 0 aliphatic carbocycles. The Kier molecular flexibility index (Phi) is 5.14. The summed E-state index contributed by atoms with van der Waals surface area (Å²) < 4.78 is 77.9. The van der Waals surface area contributed by atoms with Crippen LogP contribution >= 0.6 is 0 Å². The number of alkyl halides is 6. The van der Waals surface area contributed by atoms with E-state index in [1.165, 1.54) is 0 Å². The number of hydrogen-bond acceptors (Lipinski definition) is 6.